The van der Waals surface area contributed by atoms with E-state index in [1.54, 1.807) is 4.57 Å². The summed E-state index contributed by atoms with van der Waals surface area (Å²) < 4.78 is 1.71. The van der Waals surface area contributed by atoms with Crippen molar-refractivity contribution < 1.29 is 0 Å². The van der Waals surface area contributed by atoms with Gasteiger partial charge >= 0.3 is 0 Å². The number of rotatable bonds is 3. The molecule has 0 atom stereocenters. The smallest absolute Gasteiger partial charge is 0.259 e. The van der Waals surface area contributed by atoms with Gasteiger partial charge in [0.15, 0.2) is 0 Å². The lowest BCUT2D eigenvalue weighted by molar-refractivity contribution is 0.874. The molecule has 3 aromatic carbocycles. The van der Waals surface area contributed by atoms with Crippen molar-refractivity contribution in [1.29, 1.82) is 0 Å². The lowest BCUT2D eigenvalue weighted by Gasteiger charge is -2.16. The van der Waals surface area contributed by atoms with Crippen LogP contribution in [0.5, 0.6) is 0 Å². The zero-order valence-electron chi connectivity index (χ0n) is 14.9. The fourth-order valence-corrected chi connectivity index (χ4v) is 3.45. The van der Waals surface area contributed by atoms with E-state index in [-0.39, 0.29) is 5.56 Å². The van der Waals surface area contributed by atoms with Crippen molar-refractivity contribution in [3.63, 3.8) is 0 Å². The van der Waals surface area contributed by atoms with Gasteiger partial charge in [-0.05, 0) is 40.5 Å². The first-order valence-electron chi connectivity index (χ1n) is 8.76. The first kappa shape index (κ1) is 17.3. The highest BCUT2D eigenvalue weighted by Crippen LogP contribution is 2.33. The fraction of sp³-hybridized carbons (Fsp3) is 0.0417. The average molecular weight is 372 g/mol. The first-order chi connectivity index (χ1) is 13.1. The van der Waals surface area contributed by atoms with Gasteiger partial charge in [-0.25, -0.2) is 0 Å². The molecular formula is C24H18ClNO. The predicted octanol–water partition coefficient (Wildman–Crippen LogP) is 6.04. The molecule has 0 radical (unpaired) electrons. The molecule has 2 nitrogen and oxygen atoms in total. The van der Waals surface area contributed by atoms with E-state index in [1.807, 2.05) is 92.0 Å². The molecule has 0 aliphatic rings. The van der Waals surface area contributed by atoms with Crippen LogP contribution in [-0.2, 0) is 7.05 Å². The monoisotopic (exact) mass is 371 g/mol. The minimum Gasteiger partial charge on any atom is -0.311 e. The van der Waals surface area contributed by atoms with E-state index in [4.69, 9.17) is 11.6 Å². The van der Waals surface area contributed by atoms with Gasteiger partial charge in [0.05, 0.1) is 11.3 Å². The number of hydrogen-bond acceptors (Lipinski definition) is 1. The van der Waals surface area contributed by atoms with Gasteiger partial charge in [0.25, 0.3) is 5.56 Å². The maximum atomic E-state index is 13.4. The molecule has 0 saturated heterocycles. The van der Waals surface area contributed by atoms with Crippen LogP contribution in [0.4, 0.5) is 0 Å². The maximum Gasteiger partial charge on any atom is 0.259 e. The molecule has 27 heavy (non-hydrogen) atoms. The molecular weight excluding hydrogens is 354 g/mol. The molecule has 0 bridgehead atoms. The van der Waals surface area contributed by atoms with Gasteiger partial charge in [0, 0.05) is 12.1 Å². The summed E-state index contributed by atoms with van der Waals surface area (Å²) in [7, 11) is 1.81. The molecule has 0 unspecified atom stereocenters. The minimum absolute atomic E-state index is 0.0208. The Bertz CT molecular complexity index is 1130. The van der Waals surface area contributed by atoms with Crippen molar-refractivity contribution in [1.82, 2.24) is 4.57 Å². The third kappa shape index (κ3) is 3.32. The molecule has 0 aliphatic heterocycles. The number of aromatic nitrogens is 1. The summed E-state index contributed by atoms with van der Waals surface area (Å²) in [4.78, 5) is 13.4. The Morgan fingerprint density at radius 1 is 0.704 bits per heavy atom. The van der Waals surface area contributed by atoms with E-state index < -0.39 is 0 Å². The van der Waals surface area contributed by atoms with Gasteiger partial charge in [0.2, 0.25) is 0 Å². The predicted molar refractivity (Wildman–Crippen MR) is 113 cm³/mol. The first-order valence-corrected chi connectivity index (χ1v) is 9.14. The molecule has 0 N–H and O–H groups in total. The molecule has 0 saturated carbocycles. The highest BCUT2D eigenvalue weighted by Gasteiger charge is 2.16. The van der Waals surface area contributed by atoms with E-state index in [9.17, 15) is 4.79 Å². The Hall–Kier alpha value is -3.10. The normalized spacial score (nSPS) is 10.7. The summed E-state index contributed by atoms with van der Waals surface area (Å²) in [5.74, 6) is 0. The molecule has 0 amide bonds. The molecule has 0 aliphatic carbocycles. The summed E-state index contributed by atoms with van der Waals surface area (Å²) in [5.41, 5.74) is 5.36. The van der Waals surface area contributed by atoms with Crippen LogP contribution >= 0.6 is 11.6 Å². The summed E-state index contributed by atoms with van der Waals surface area (Å²) in [6.07, 6.45) is 0. The quantitative estimate of drug-likeness (QED) is 0.430. The van der Waals surface area contributed by atoms with Crippen LogP contribution in [0.15, 0.2) is 95.8 Å². The third-order valence-corrected chi connectivity index (χ3v) is 4.97. The lowest BCUT2D eigenvalue weighted by atomic mass is 9.94. The van der Waals surface area contributed by atoms with Crippen LogP contribution in [0.1, 0.15) is 0 Å². The Labute approximate surface area is 163 Å². The van der Waals surface area contributed by atoms with Crippen LogP contribution in [0.2, 0.25) is 5.02 Å². The van der Waals surface area contributed by atoms with Crippen LogP contribution in [0, 0.1) is 0 Å². The third-order valence-electron chi connectivity index (χ3n) is 4.72. The van der Waals surface area contributed by atoms with Gasteiger partial charge in [-0.15, -0.1) is 0 Å². The maximum absolute atomic E-state index is 13.4. The second kappa shape index (κ2) is 7.26. The second-order valence-electron chi connectivity index (χ2n) is 6.42. The largest absolute Gasteiger partial charge is 0.311 e. The van der Waals surface area contributed by atoms with E-state index in [0.717, 1.165) is 27.9 Å². The van der Waals surface area contributed by atoms with Crippen LogP contribution in [-0.4, -0.2) is 4.57 Å². The van der Waals surface area contributed by atoms with Crippen molar-refractivity contribution in [2.75, 3.05) is 0 Å². The van der Waals surface area contributed by atoms with Crippen molar-refractivity contribution in [2.24, 2.45) is 7.05 Å². The molecule has 0 spiro atoms. The molecule has 0 fully saturated rings. The van der Waals surface area contributed by atoms with Gasteiger partial charge in [0.1, 0.15) is 0 Å². The SMILES string of the molecule is Cn1c(-c2ccc(Cl)cc2)cc(-c2ccccc2)c(-c2ccccc2)c1=O. The van der Waals surface area contributed by atoms with E-state index in [0.29, 0.717) is 10.6 Å². The van der Waals surface area contributed by atoms with Gasteiger partial charge in [-0.1, -0.05) is 84.4 Å². The minimum atomic E-state index is -0.0208. The van der Waals surface area contributed by atoms with Crippen LogP contribution in [0.3, 0.4) is 0 Å². The Balaban J connectivity index is 2.04. The highest BCUT2D eigenvalue weighted by molar-refractivity contribution is 6.30. The lowest BCUT2D eigenvalue weighted by Crippen LogP contribution is -2.21. The summed E-state index contributed by atoms with van der Waals surface area (Å²) >= 11 is 6.03. The number of pyridine rings is 1. The molecule has 1 aromatic heterocycles. The van der Waals surface area contributed by atoms with Crippen LogP contribution < -0.4 is 5.56 Å². The Kier molecular flexibility index (Phi) is 4.66. The summed E-state index contributed by atoms with van der Waals surface area (Å²) in [6, 6.07) is 29.5. The second-order valence-corrected chi connectivity index (χ2v) is 6.86. The number of benzene rings is 3. The number of nitrogens with zero attached hydrogens (tertiary/aromatic N) is 1. The standard InChI is InChI=1S/C24H18ClNO/c1-26-22(18-12-14-20(25)15-13-18)16-21(17-8-4-2-5-9-17)23(24(26)27)19-10-6-3-7-11-19/h2-16H,1H3. The van der Waals surface area contributed by atoms with Crippen LogP contribution in [0.25, 0.3) is 33.5 Å². The highest BCUT2D eigenvalue weighted by atomic mass is 35.5. The molecule has 1 heterocycles. The average Bonchev–Trinajstić information content (AvgIpc) is 2.72. The molecule has 3 heteroatoms. The zero-order valence-corrected chi connectivity index (χ0v) is 15.6. The molecule has 132 valence electrons. The Morgan fingerprint density at radius 2 is 1.26 bits per heavy atom. The fourth-order valence-electron chi connectivity index (χ4n) is 3.32. The van der Waals surface area contributed by atoms with Gasteiger partial charge < -0.3 is 4.57 Å². The molecule has 4 aromatic rings. The topological polar surface area (TPSA) is 22.0 Å². The van der Waals surface area contributed by atoms with Crippen molar-refractivity contribution >= 4 is 11.6 Å². The van der Waals surface area contributed by atoms with E-state index >= 15 is 0 Å². The Morgan fingerprint density at radius 3 is 1.85 bits per heavy atom. The summed E-state index contributed by atoms with van der Waals surface area (Å²) in [5, 5.41) is 0.674. The van der Waals surface area contributed by atoms with Crippen molar-refractivity contribution in [3.05, 3.63) is 106 Å². The van der Waals surface area contributed by atoms with E-state index in [2.05, 4.69) is 6.07 Å². The van der Waals surface area contributed by atoms with Gasteiger partial charge in [-0.3, -0.25) is 4.79 Å². The number of halogens is 1. The zero-order chi connectivity index (χ0) is 18.8. The van der Waals surface area contributed by atoms with Crippen molar-refractivity contribution in [2.45, 2.75) is 0 Å². The van der Waals surface area contributed by atoms with Crippen molar-refractivity contribution in [3.8, 4) is 33.5 Å². The molecule has 4 rings (SSSR count). The summed E-state index contributed by atoms with van der Waals surface area (Å²) in [6.45, 7) is 0. The number of hydrogen-bond donors (Lipinski definition) is 0. The van der Waals surface area contributed by atoms with E-state index in [1.165, 1.54) is 0 Å². The van der Waals surface area contributed by atoms with Gasteiger partial charge in [-0.2, -0.15) is 0 Å².